The minimum atomic E-state index is -1.27. The molecule has 0 aliphatic heterocycles. The highest BCUT2D eigenvalue weighted by atomic mass is 19.1. The lowest BCUT2D eigenvalue weighted by Crippen LogP contribution is -2.25. The number of pyridine rings is 1. The first-order valence-electron chi connectivity index (χ1n) is 13.8. The molecule has 0 amide bonds. The molecule has 226 valence electrons. The summed E-state index contributed by atoms with van der Waals surface area (Å²) >= 11 is 0. The van der Waals surface area contributed by atoms with Crippen LogP contribution >= 0.6 is 0 Å². The Bertz CT molecular complexity index is 1720. The van der Waals surface area contributed by atoms with Crippen LogP contribution in [0.25, 0.3) is 22.0 Å². The molecule has 0 saturated heterocycles. The van der Waals surface area contributed by atoms with Gasteiger partial charge in [-0.3, -0.25) is 9.48 Å². The number of halogens is 2. The van der Waals surface area contributed by atoms with Gasteiger partial charge in [0.2, 0.25) is 0 Å². The van der Waals surface area contributed by atoms with Crippen LogP contribution in [0.3, 0.4) is 0 Å². The average Bonchev–Trinajstić information content (AvgIpc) is 3.18. The Kier molecular flexibility index (Phi) is 8.79. The molecule has 0 aliphatic carbocycles. The maximum absolute atomic E-state index is 14.3. The van der Waals surface area contributed by atoms with Crippen LogP contribution in [0.2, 0.25) is 0 Å². The fourth-order valence-electron chi connectivity index (χ4n) is 4.97. The Morgan fingerprint density at radius 3 is 2.33 bits per heavy atom. The molecule has 2 aromatic heterocycles. The third-order valence-corrected chi connectivity index (χ3v) is 6.53. The summed E-state index contributed by atoms with van der Waals surface area (Å²) in [7, 11) is 3.30. The van der Waals surface area contributed by atoms with E-state index in [2.05, 4.69) is 16.9 Å². The van der Waals surface area contributed by atoms with Gasteiger partial charge in [0.15, 0.2) is 5.82 Å². The highest BCUT2D eigenvalue weighted by molar-refractivity contribution is 6.03. The number of aromatic nitrogens is 3. The molecule has 0 aliphatic rings. The van der Waals surface area contributed by atoms with Gasteiger partial charge >= 0.3 is 5.97 Å². The van der Waals surface area contributed by atoms with Crippen LogP contribution in [0.4, 0.5) is 14.6 Å². The van der Waals surface area contributed by atoms with E-state index in [4.69, 9.17) is 20.2 Å². The van der Waals surface area contributed by atoms with Gasteiger partial charge in [0.05, 0.1) is 30.1 Å². The van der Waals surface area contributed by atoms with Gasteiger partial charge in [0.25, 0.3) is 0 Å². The third kappa shape index (κ3) is 7.67. The van der Waals surface area contributed by atoms with Crippen LogP contribution in [0.5, 0.6) is 5.75 Å². The molecule has 0 unspecified atom stereocenters. The predicted molar refractivity (Wildman–Crippen MR) is 161 cm³/mol. The Labute approximate surface area is 249 Å². The van der Waals surface area contributed by atoms with Crippen molar-refractivity contribution in [2.75, 3.05) is 12.8 Å². The first-order valence-corrected chi connectivity index (χ1v) is 13.8. The maximum Gasteiger partial charge on any atom is 0.306 e. The molecule has 2 heterocycles. The number of fused-ring (bicyclic) bond motifs is 1. The van der Waals surface area contributed by atoms with Gasteiger partial charge in [-0.05, 0) is 88.9 Å². The molecule has 3 N–H and O–H groups in total. The Hall–Kier alpha value is -4.49. The molecule has 4 rings (SSSR count). The SMILES string of the molecule is COc1ccc(-c2ccc(C#CC(C)(C)O)nc2[C@@H](CC(=O)OC(C)(C)C)Cc2cc(F)cc(F)c2)c2c1c(N)nn2C. The lowest BCUT2D eigenvalue weighted by atomic mass is 9.87. The second kappa shape index (κ2) is 12.0. The van der Waals surface area contributed by atoms with Crippen molar-refractivity contribution in [3.8, 4) is 28.7 Å². The van der Waals surface area contributed by atoms with Gasteiger partial charge in [0.1, 0.15) is 34.3 Å². The van der Waals surface area contributed by atoms with E-state index in [-0.39, 0.29) is 18.7 Å². The Balaban J connectivity index is 1.99. The fourth-order valence-corrected chi connectivity index (χ4v) is 4.97. The number of ether oxygens (including phenoxy) is 2. The van der Waals surface area contributed by atoms with E-state index in [1.165, 1.54) is 12.1 Å². The minimum absolute atomic E-state index is 0.0725. The third-order valence-electron chi connectivity index (χ3n) is 6.53. The second-order valence-corrected chi connectivity index (χ2v) is 12.0. The van der Waals surface area contributed by atoms with E-state index in [0.717, 1.165) is 6.07 Å². The largest absolute Gasteiger partial charge is 0.496 e. The first kappa shape index (κ1) is 31.4. The minimum Gasteiger partial charge on any atom is -0.496 e. The van der Waals surface area contributed by atoms with Crippen molar-refractivity contribution in [3.63, 3.8) is 0 Å². The highest BCUT2D eigenvalue weighted by Gasteiger charge is 2.28. The van der Waals surface area contributed by atoms with Crippen LogP contribution in [0.15, 0.2) is 42.5 Å². The molecule has 0 spiro atoms. The number of hydrogen-bond acceptors (Lipinski definition) is 7. The number of nitrogen functional groups attached to an aromatic ring is 1. The molecule has 8 nitrogen and oxygen atoms in total. The zero-order chi connectivity index (χ0) is 31.7. The number of rotatable bonds is 7. The number of hydrogen-bond donors (Lipinski definition) is 2. The van der Waals surface area contributed by atoms with E-state index in [9.17, 15) is 18.7 Å². The molecule has 43 heavy (non-hydrogen) atoms. The lowest BCUT2D eigenvalue weighted by molar-refractivity contribution is -0.155. The number of nitrogens with two attached hydrogens (primary N) is 1. The van der Waals surface area contributed by atoms with Crippen LogP contribution in [-0.4, -0.2) is 44.2 Å². The van der Waals surface area contributed by atoms with Gasteiger partial charge in [-0.25, -0.2) is 13.8 Å². The van der Waals surface area contributed by atoms with E-state index in [1.54, 1.807) is 65.6 Å². The van der Waals surface area contributed by atoms with Crippen LogP contribution in [0, 0.1) is 23.5 Å². The summed E-state index contributed by atoms with van der Waals surface area (Å²) in [5.74, 6) is 3.83. The van der Waals surface area contributed by atoms with E-state index in [0.29, 0.717) is 44.7 Å². The van der Waals surface area contributed by atoms with Crippen LogP contribution in [-0.2, 0) is 23.0 Å². The van der Waals surface area contributed by atoms with Gasteiger partial charge in [0, 0.05) is 30.2 Å². The number of nitrogens with zero attached hydrogens (tertiary/aromatic N) is 3. The molecule has 0 saturated carbocycles. The molecule has 2 aromatic carbocycles. The first-order chi connectivity index (χ1) is 20.0. The summed E-state index contributed by atoms with van der Waals surface area (Å²) in [4.78, 5) is 18.1. The monoisotopic (exact) mass is 590 g/mol. The van der Waals surface area contributed by atoms with Crippen molar-refractivity contribution in [1.29, 1.82) is 0 Å². The normalized spacial score (nSPS) is 12.5. The Morgan fingerprint density at radius 1 is 1.07 bits per heavy atom. The summed E-state index contributed by atoms with van der Waals surface area (Å²) < 4.78 is 41.3. The van der Waals surface area contributed by atoms with Crippen molar-refractivity contribution in [1.82, 2.24) is 14.8 Å². The van der Waals surface area contributed by atoms with E-state index >= 15 is 0 Å². The maximum atomic E-state index is 14.3. The number of esters is 1. The lowest BCUT2D eigenvalue weighted by Gasteiger charge is -2.24. The number of benzene rings is 2. The second-order valence-electron chi connectivity index (χ2n) is 12.0. The van der Waals surface area contributed by atoms with Gasteiger partial charge in [-0.1, -0.05) is 5.92 Å². The van der Waals surface area contributed by atoms with Crippen LogP contribution in [0.1, 0.15) is 63.9 Å². The zero-order valence-corrected chi connectivity index (χ0v) is 25.4. The molecule has 4 aromatic rings. The average molecular weight is 591 g/mol. The number of aryl methyl sites for hydroxylation is 1. The van der Waals surface area contributed by atoms with Gasteiger partial charge in [-0.2, -0.15) is 5.10 Å². The van der Waals surface area contributed by atoms with Crippen molar-refractivity contribution in [2.45, 2.75) is 64.6 Å². The summed E-state index contributed by atoms with van der Waals surface area (Å²) in [6.07, 6.45) is -0.0618. The number of anilines is 1. The highest BCUT2D eigenvalue weighted by Crippen LogP contribution is 2.41. The summed E-state index contributed by atoms with van der Waals surface area (Å²) in [6.45, 7) is 8.40. The van der Waals surface area contributed by atoms with E-state index < -0.39 is 34.7 Å². The standard InChI is InChI=1S/C33H36F2N4O4/c1-32(2,3)43-27(40)17-20(14-19-15-21(34)18-22(35)16-19)29-24(9-8-23(37-29)12-13-33(4,5)41)25-10-11-26(42-7)28-30(25)39(6)38-31(28)36/h8-11,15-16,18,20,41H,14,17H2,1-7H3,(H2,36,38)/t20-/m1/s1. The van der Waals surface area contributed by atoms with Crippen molar-refractivity contribution >= 4 is 22.7 Å². The molecule has 10 heteroatoms. The van der Waals surface area contributed by atoms with Gasteiger partial charge < -0.3 is 20.3 Å². The fraction of sp³-hybridized carbons (Fsp3) is 0.364. The Morgan fingerprint density at radius 2 is 1.72 bits per heavy atom. The number of methoxy groups -OCH3 is 1. The van der Waals surface area contributed by atoms with Crippen LogP contribution < -0.4 is 10.5 Å². The molecular weight excluding hydrogens is 554 g/mol. The predicted octanol–water partition coefficient (Wildman–Crippen LogP) is 5.68. The van der Waals surface area contributed by atoms with Crippen molar-refractivity contribution < 1.29 is 28.2 Å². The van der Waals surface area contributed by atoms with Crippen molar-refractivity contribution in [2.24, 2.45) is 7.05 Å². The zero-order valence-electron chi connectivity index (χ0n) is 25.4. The van der Waals surface area contributed by atoms with Gasteiger partial charge in [-0.15, -0.1) is 0 Å². The number of carbonyl (C=O) groups is 1. The summed E-state index contributed by atoms with van der Waals surface area (Å²) in [5.41, 5.74) is 7.37. The molecule has 0 fully saturated rings. The number of carbonyl (C=O) groups excluding carboxylic acids is 1. The van der Waals surface area contributed by atoms with E-state index in [1.807, 2.05) is 12.1 Å². The molecular formula is C33H36F2N4O4. The number of aliphatic hydroxyl groups is 1. The summed E-state index contributed by atoms with van der Waals surface area (Å²) in [5, 5.41) is 15.2. The topological polar surface area (TPSA) is 112 Å². The smallest absolute Gasteiger partial charge is 0.306 e. The summed E-state index contributed by atoms with van der Waals surface area (Å²) in [6, 6.07) is 10.4. The van der Waals surface area contributed by atoms with Crippen molar-refractivity contribution in [3.05, 3.63) is 71.1 Å². The molecule has 0 bridgehead atoms. The molecule has 0 radical (unpaired) electrons. The quantitative estimate of drug-likeness (QED) is 0.210. The molecule has 1 atom stereocenters.